The molecule has 0 radical (unpaired) electrons. The van der Waals surface area contributed by atoms with E-state index in [1.54, 1.807) is 0 Å². The molecular formula is C12H16FN3O4S. The Morgan fingerprint density at radius 2 is 2.10 bits per heavy atom. The van der Waals surface area contributed by atoms with Gasteiger partial charge in [-0.1, -0.05) is 6.92 Å². The van der Waals surface area contributed by atoms with Crippen molar-refractivity contribution in [1.29, 1.82) is 0 Å². The minimum atomic E-state index is -4.04. The first kappa shape index (κ1) is 15.6. The molecule has 1 saturated carbocycles. The van der Waals surface area contributed by atoms with E-state index in [-0.39, 0.29) is 11.7 Å². The Labute approximate surface area is 121 Å². The number of nitrogens with zero attached hydrogens (tertiary/aromatic N) is 1. The Kier molecular flexibility index (Phi) is 4.43. The smallest absolute Gasteiger partial charge is 0.274 e. The molecule has 1 aromatic rings. The van der Waals surface area contributed by atoms with Crippen molar-refractivity contribution in [3.8, 4) is 0 Å². The molecule has 0 saturated heterocycles. The van der Waals surface area contributed by atoms with E-state index in [1.807, 2.05) is 6.92 Å². The number of anilines is 1. The topological polar surface area (TPSA) is 101 Å². The van der Waals surface area contributed by atoms with E-state index >= 15 is 0 Å². The van der Waals surface area contributed by atoms with Crippen LogP contribution >= 0.6 is 0 Å². The van der Waals surface area contributed by atoms with Gasteiger partial charge in [0.1, 0.15) is 4.90 Å². The zero-order chi connectivity index (χ0) is 15.6. The predicted molar refractivity (Wildman–Crippen MR) is 75.2 cm³/mol. The lowest BCUT2D eigenvalue weighted by Crippen LogP contribution is -2.27. The van der Waals surface area contributed by atoms with Gasteiger partial charge in [0.25, 0.3) is 5.69 Å². The minimum absolute atomic E-state index is 0.0864. The number of hydrogen-bond acceptors (Lipinski definition) is 5. The highest BCUT2D eigenvalue weighted by atomic mass is 32.2. The van der Waals surface area contributed by atoms with E-state index in [1.165, 1.54) is 0 Å². The van der Waals surface area contributed by atoms with E-state index in [4.69, 9.17) is 0 Å². The van der Waals surface area contributed by atoms with Gasteiger partial charge in [0.05, 0.1) is 16.7 Å². The molecule has 0 heterocycles. The van der Waals surface area contributed by atoms with Gasteiger partial charge >= 0.3 is 0 Å². The molecular weight excluding hydrogens is 301 g/mol. The zero-order valence-corrected chi connectivity index (χ0v) is 12.2. The van der Waals surface area contributed by atoms with E-state index < -0.39 is 31.3 Å². The first-order chi connectivity index (χ1) is 9.85. The van der Waals surface area contributed by atoms with Crippen molar-refractivity contribution in [2.75, 3.05) is 11.9 Å². The van der Waals surface area contributed by atoms with Gasteiger partial charge in [-0.2, -0.15) is 0 Å². The molecule has 0 bridgehead atoms. The van der Waals surface area contributed by atoms with Crippen molar-refractivity contribution in [1.82, 2.24) is 4.72 Å². The van der Waals surface area contributed by atoms with Crippen LogP contribution in [0.2, 0.25) is 0 Å². The summed E-state index contributed by atoms with van der Waals surface area (Å²) in [5.41, 5.74) is -0.576. The summed E-state index contributed by atoms with van der Waals surface area (Å²) in [5.74, 6) is -1.13. The quantitative estimate of drug-likeness (QED) is 0.591. The minimum Gasteiger partial charge on any atom is -0.384 e. The van der Waals surface area contributed by atoms with Gasteiger partial charge in [-0.15, -0.1) is 0 Å². The van der Waals surface area contributed by atoms with Crippen molar-refractivity contribution < 1.29 is 17.7 Å². The van der Waals surface area contributed by atoms with E-state index in [9.17, 15) is 22.9 Å². The molecule has 1 fully saturated rings. The molecule has 21 heavy (non-hydrogen) atoms. The number of rotatable bonds is 7. The lowest BCUT2D eigenvalue weighted by molar-refractivity contribution is -0.385. The van der Waals surface area contributed by atoms with Crippen LogP contribution in [0.5, 0.6) is 0 Å². The molecule has 7 nitrogen and oxygen atoms in total. The first-order valence-electron chi connectivity index (χ1n) is 6.59. The molecule has 0 spiro atoms. The van der Waals surface area contributed by atoms with E-state index in [0.717, 1.165) is 6.07 Å². The Morgan fingerprint density at radius 1 is 1.43 bits per heavy atom. The average Bonchev–Trinajstić information content (AvgIpc) is 3.18. The lowest BCUT2D eigenvalue weighted by Gasteiger charge is -2.13. The third-order valence-electron chi connectivity index (χ3n) is 2.97. The second-order valence-corrected chi connectivity index (χ2v) is 6.53. The number of hydrogen-bond donors (Lipinski definition) is 2. The van der Waals surface area contributed by atoms with Crippen LogP contribution in [0, 0.1) is 15.9 Å². The number of benzene rings is 1. The number of non-ortho nitro benzene ring substituents is 1. The maximum Gasteiger partial charge on any atom is 0.274 e. The fraction of sp³-hybridized carbons (Fsp3) is 0.500. The summed E-state index contributed by atoms with van der Waals surface area (Å²) in [5, 5.41) is 13.5. The van der Waals surface area contributed by atoms with Crippen LogP contribution in [0.15, 0.2) is 17.0 Å². The summed E-state index contributed by atoms with van der Waals surface area (Å²) in [6.45, 7) is 2.23. The number of nitro benzene ring substituents is 1. The highest BCUT2D eigenvalue weighted by Crippen LogP contribution is 2.31. The maximum atomic E-state index is 14.1. The molecule has 2 rings (SSSR count). The second kappa shape index (κ2) is 5.94. The fourth-order valence-electron chi connectivity index (χ4n) is 1.83. The van der Waals surface area contributed by atoms with Gasteiger partial charge in [0.15, 0.2) is 5.82 Å². The molecule has 0 amide bonds. The molecule has 2 N–H and O–H groups in total. The van der Waals surface area contributed by atoms with Gasteiger partial charge in [-0.25, -0.2) is 17.5 Å². The molecule has 1 aliphatic carbocycles. The van der Waals surface area contributed by atoms with Crippen LogP contribution in [-0.2, 0) is 10.0 Å². The van der Waals surface area contributed by atoms with Crippen molar-refractivity contribution >= 4 is 21.4 Å². The Morgan fingerprint density at radius 3 is 2.62 bits per heavy atom. The van der Waals surface area contributed by atoms with Crippen LogP contribution in [0.1, 0.15) is 26.2 Å². The van der Waals surface area contributed by atoms with Gasteiger partial charge in [0.2, 0.25) is 10.0 Å². The monoisotopic (exact) mass is 317 g/mol. The normalized spacial score (nSPS) is 15.0. The summed E-state index contributed by atoms with van der Waals surface area (Å²) in [6, 6.07) is 1.49. The Bertz CT molecular complexity index is 659. The number of sulfonamides is 1. The number of nitro groups is 1. The van der Waals surface area contributed by atoms with E-state index in [2.05, 4.69) is 10.0 Å². The molecule has 9 heteroatoms. The van der Waals surface area contributed by atoms with Crippen molar-refractivity contribution in [2.45, 2.75) is 37.1 Å². The molecule has 1 aromatic carbocycles. The maximum absolute atomic E-state index is 14.1. The van der Waals surface area contributed by atoms with Crippen molar-refractivity contribution in [3.05, 3.63) is 28.1 Å². The van der Waals surface area contributed by atoms with Crippen molar-refractivity contribution in [2.24, 2.45) is 0 Å². The summed E-state index contributed by atoms with van der Waals surface area (Å²) in [6.07, 6.45) is 2.09. The Balaban J connectivity index is 2.48. The third-order valence-corrected chi connectivity index (χ3v) is 4.57. The summed E-state index contributed by atoms with van der Waals surface area (Å²) in [7, 11) is -4.04. The van der Waals surface area contributed by atoms with Gasteiger partial charge in [-0.3, -0.25) is 10.1 Å². The van der Waals surface area contributed by atoms with Crippen LogP contribution in [0.4, 0.5) is 15.8 Å². The van der Waals surface area contributed by atoms with Crippen molar-refractivity contribution in [3.63, 3.8) is 0 Å². The lowest BCUT2D eigenvalue weighted by atomic mass is 10.2. The number of halogens is 1. The first-order valence-corrected chi connectivity index (χ1v) is 8.07. The van der Waals surface area contributed by atoms with Crippen LogP contribution < -0.4 is 10.0 Å². The van der Waals surface area contributed by atoms with Crippen LogP contribution in [-0.4, -0.2) is 25.9 Å². The molecule has 0 unspecified atom stereocenters. The van der Waals surface area contributed by atoms with Crippen LogP contribution in [0.25, 0.3) is 0 Å². The van der Waals surface area contributed by atoms with E-state index in [0.29, 0.717) is 31.9 Å². The fourth-order valence-corrected chi connectivity index (χ4v) is 3.36. The zero-order valence-electron chi connectivity index (χ0n) is 11.4. The summed E-state index contributed by atoms with van der Waals surface area (Å²) >= 11 is 0. The Hall–Kier alpha value is -1.74. The second-order valence-electron chi connectivity index (χ2n) is 4.88. The largest absolute Gasteiger partial charge is 0.384 e. The predicted octanol–water partition coefficient (Wildman–Crippen LogP) is 2.00. The SMILES string of the molecule is CCCNc1cc([N+](=O)[O-])cc(F)c1S(=O)(=O)NC1CC1. The highest BCUT2D eigenvalue weighted by molar-refractivity contribution is 7.89. The van der Waals surface area contributed by atoms with Gasteiger partial charge < -0.3 is 5.32 Å². The molecule has 116 valence electrons. The molecule has 0 aromatic heterocycles. The molecule has 0 atom stereocenters. The summed E-state index contributed by atoms with van der Waals surface area (Å²) < 4.78 is 40.9. The third kappa shape index (κ3) is 3.67. The standard InChI is InChI=1S/C12H16FN3O4S/c1-2-5-14-11-7-9(16(17)18)6-10(13)12(11)21(19,20)15-8-3-4-8/h6-8,14-15H,2-5H2,1H3. The summed E-state index contributed by atoms with van der Waals surface area (Å²) in [4.78, 5) is 9.45. The average molecular weight is 317 g/mol. The van der Waals surface area contributed by atoms with Gasteiger partial charge in [0, 0.05) is 18.7 Å². The molecule has 1 aliphatic rings. The molecule has 0 aliphatic heterocycles. The van der Waals surface area contributed by atoms with Gasteiger partial charge in [-0.05, 0) is 19.3 Å². The van der Waals surface area contributed by atoms with Crippen LogP contribution in [0.3, 0.4) is 0 Å². The number of nitrogens with one attached hydrogen (secondary N) is 2. The highest BCUT2D eigenvalue weighted by Gasteiger charge is 2.32.